The molecule has 128 valence electrons. The molecule has 1 atom stereocenters. The lowest BCUT2D eigenvalue weighted by Gasteiger charge is -2.11. The van der Waals surface area contributed by atoms with Crippen LogP contribution in [0.2, 0.25) is 0 Å². The summed E-state index contributed by atoms with van der Waals surface area (Å²) in [5, 5.41) is 10.9. The van der Waals surface area contributed by atoms with Crippen molar-refractivity contribution in [3.63, 3.8) is 0 Å². The highest BCUT2D eigenvalue weighted by atomic mass is 32.2. The van der Waals surface area contributed by atoms with Crippen LogP contribution in [0.15, 0.2) is 42.6 Å². The van der Waals surface area contributed by atoms with E-state index in [0.29, 0.717) is 23.1 Å². The zero-order valence-corrected chi connectivity index (χ0v) is 14.0. The van der Waals surface area contributed by atoms with E-state index in [1.165, 1.54) is 0 Å². The van der Waals surface area contributed by atoms with E-state index in [2.05, 4.69) is 20.6 Å². The van der Waals surface area contributed by atoms with Gasteiger partial charge >= 0.3 is 0 Å². The maximum atomic E-state index is 12.3. The average molecular weight is 357 g/mol. The molecule has 25 heavy (non-hydrogen) atoms. The maximum Gasteiger partial charge on any atom is 0.251 e. The number of nitrogens with zero attached hydrogens (tertiary/aromatic N) is 4. The standard InChI is InChI=1S/C16H15N5O3S/c22-16(18-12-7-9-25(23,24)10-12)11-3-5-13(6-4-11)21-15-14(19-20-21)2-1-8-17-15/h1-6,8,12H,7,9-10H2,(H,18,22)/t12-/m0/s1. The zero-order chi connectivity index (χ0) is 17.4. The number of hydrogen-bond donors (Lipinski definition) is 1. The van der Waals surface area contributed by atoms with Crippen LogP contribution in [0.3, 0.4) is 0 Å². The Hall–Kier alpha value is -2.81. The number of sulfone groups is 1. The Balaban J connectivity index is 1.53. The fourth-order valence-electron chi connectivity index (χ4n) is 2.87. The zero-order valence-electron chi connectivity index (χ0n) is 13.2. The molecular formula is C16H15N5O3S. The van der Waals surface area contributed by atoms with Gasteiger partial charge in [0.15, 0.2) is 15.5 Å². The second-order valence-corrected chi connectivity index (χ2v) is 8.20. The largest absolute Gasteiger partial charge is 0.348 e. The van der Waals surface area contributed by atoms with Gasteiger partial charge < -0.3 is 5.32 Å². The van der Waals surface area contributed by atoms with Crippen LogP contribution in [0.5, 0.6) is 0 Å². The van der Waals surface area contributed by atoms with E-state index < -0.39 is 9.84 Å². The summed E-state index contributed by atoms with van der Waals surface area (Å²) in [6.45, 7) is 0. The molecule has 1 amide bonds. The first-order valence-corrected chi connectivity index (χ1v) is 9.62. The van der Waals surface area contributed by atoms with E-state index >= 15 is 0 Å². The molecule has 0 radical (unpaired) electrons. The molecule has 0 spiro atoms. The molecule has 1 aliphatic heterocycles. The summed E-state index contributed by atoms with van der Waals surface area (Å²) >= 11 is 0. The minimum atomic E-state index is -3.02. The Labute approximate surface area is 143 Å². The van der Waals surface area contributed by atoms with Crippen molar-refractivity contribution in [3.8, 4) is 5.69 Å². The van der Waals surface area contributed by atoms with Crippen molar-refractivity contribution in [2.75, 3.05) is 11.5 Å². The molecule has 4 rings (SSSR count). The molecule has 3 heterocycles. The second-order valence-electron chi connectivity index (χ2n) is 5.97. The van der Waals surface area contributed by atoms with Crippen molar-refractivity contribution in [1.82, 2.24) is 25.3 Å². The number of aromatic nitrogens is 4. The molecule has 3 aromatic rings. The van der Waals surface area contributed by atoms with Crippen LogP contribution >= 0.6 is 0 Å². The fourth-order valence-corrected chi connectivity index (χ4v) is 4.54. The predicted octanol–water partition coefficient (Wildman–Crippen LogP) is 0.732. The third kappa shape index (κ3) is 3.10. The van der Waals surface area contributed by atoms with Crippen molar-refractivity contribution in [3.05, 3.63) is 48.2 Å². The number of nitrogens with one attached hydrogen (secondary N) is 1. The topological polar surface area (TPSA) is 107 Å². The van der Waals surface area contributed by atoms with Gasteiger partial charge in [0.05, 0.1) is 17.2 Å². The van der Waals surface area contributed by atoms with Crippen LogP contribution in [0, 0.1) is 0 Å². The first-order chi connectivity index (χ1) is 12.0. The molecule has 1 N–H and O–H groups in total. The van der Waals surface area contributed by atoms with E-state index in [1.807, 2.05) is 6.07 Å². The van der Waals surface area contributed by atoms with Gasteiger partial charge in [-0.05, 0) is 42.8 Å². The summed E-state index contributed by atoms with van der Waals surface area (Å²) in [5.41, 5.74) is 2.52. The quantitative estimate of drug-likeness (QED) is 0.741. The molecule has 0 aliphatic carbocycles. The predicted molar refractivity (Wildman–Crippen MR) is 91.2 cm³/mol. The van der Waals surface area contributed by atoms with Crippen molar-refractivity contribution in [1.29, 1.82) is 0 Å². The number of fused-ring (bicyclic) bond motifs is 1. The number of rotatable bonds is 3. The Morgan fingerprint density at radius 2 is 2.00 bits per heavy atom. The Kier molecular flexibility index (Phi) is 3.72. The van der Waals surface area contributed by atoms with Crippen LogP contribution in [-0.4, -0.2) is 51.9 Å². The molecule has 1 aliphatic rings. The van der Waals surface area contributed by atoms with Gasteiger partial charge in [0.2, 0.25) is 0 Å². The van der Waals surface area contributed by atoms with Crippen LogP contribution in [-0.2, 0) is 9.84 Å². The normalized spacial score (nSPS) is 19.1. The smallest absolute Gasteiger partial charge is 0.251 e. The van der Waals surface area contributed by atoms with Gasteiger partial charge in [-0.2, -0.15) is 4.68 Å². The molecule has 1 saturated heterocycles. The summed E-state index contributed by atoms with van der Waals surface area (Å²) in [5.74, 6) is -0.147. The monoisotopic (exact) mass is 357 g/mol. The first-order valence-electron chi connectivity index (χ1n) is 7.80. The molecule has 2 aromatic heterocycles. The lowest BCUT2D eigenvalue weighted by atomic mass is 10.1. The number of carbonyl (C=O) groups is 1. The molecule has 1 aromatic carbocycles. The summed E-state index contributed by atoms with van der Waals surface area (Å²) in [6, 6.07) is 10.1. The third-order valence-electron chi connectivity index (χ3n) is 4.15. The highest BCUT2D eigenvalue weighted by molar-refractivity contribution is 7.91. The molecule has 8 nitrogen and oxygen atoms in total. The molecule has 9 heteroatoms. The van der Waals surface area contributed by atoms with Crippen LogP contribution in [0.4, 0.5) is 0 Å². The van der Waals surface area contributed by atoms with E-state index in [-0.39, 0.29) is 23.5 Å². The summed E-state index contributed by atoms with van der Waals surface area (Å²) in [7, 11) is -3.02. The van der Waals surface area contributed by atoms with E-state index in [9.17, 15) is 13.2 Å². The molecule has 0 unspecified atom stereocenters. The van der Waals surface area contributed by atoms with Crippen molar-refractivity contribution >= 4 is 26.9 Å². The van der Waals surface area contributed by atoms with Gasteiger partial charge in [0.1, 0.15) is 5.52 Å². The van der Waals surface area contributed by atoms with Gasteiger partial charge in [0, 0.05) is 17.8 Å². The summed E-state index contributed by atoms with van der Waals surface area (Å²) in [6.07, 6.45) is 2.13. The van der Waals surface area contributed by atoms with Crippen LogP contribution in [0.1, 0.15) is 16.8 Å². The number of hydrogen-bond acceptors (Lipinski definition) is 6. The van der Waals surface area contributed by atoms with E-state index in [0.717, 1.165) is 5.69 Å². The number of carbonyl (C=O) groups excluding carboxylic acids is 1. The van der Waals surface area contributed by atoms with Crippen molar-refractivity contribution in [2.45, 2.75) is 12.5 Å². The summed E-state index contributed by atoms with van der Waals surface area (Å²) in [4.78, 5) is 16.5. The lowest BCUT2D eigenvalue weighted by molar-refractivity contribution is 0.0941. The molecule has 0 bridgehead atoms. The SMILES string of the molecule is O=C(N[C@H]1CCS(=O)(=O)C1)c1ccc(-n2nnc3cccnc32)cc1. The molecular weight excluding hydrogens is 342 g/mol. The van der Waals surface area contributed by atoms with Gasteiger partial charge in [-0.1, -0.05) is 5.21 Å². The summed E-state index contributed by atoms with van der Waals surface area (Å²) < 4.78 is 24.5. The Bertz CT molecular complexity index is 1040. The van der Waals surface area contributed by atoms with E-state index in [4.69, 9.17) is 0 Å². The van der Waals surface area contributed by atoms with Crippen molar-refractivity contribution < 1.29 is 13.2 Å². The second kappa shape index (κ2) is 5.92. The molecule has 0 saturated carbocycles. The van der Waals surface area contributed by atoms with Gasteiger partial charge in [-0.15, -0.1) is 5.10 Å². The van der Waals surface area contributed by atoms with Crippen molar-refractivity contribution in [2.24, 2.45) is 0 Å². The lowest BCUT2D eigenvalue weighted by Crippen LogP contribution is -2.35. The highest BCUT2D eigenvalue weighted by Gasteiger charge is 2.29. The minimum Gasteiger partial charge on any atom is -0.348 e. The number of benzene rings is 1. The van der Waals surface area contributed by atoms with Gasteiger partial charge in [-0.3, -0.25) is 4.79 Å². The van der Waals surface area contributed by atoms with Crippen LogP contribution < -0.4 is 5.32 Å². The highest BCUT2D eigenvalue weighted by Crippen LogP contribution is 2.16. The Morgan fingerprint density at radius 1 is 1.20 bits per heavy atom. The van der Waals surface area contributed by atoms with Gasteiger partial charge in [0.25, 0.3) is 5.91 Å². The number of pyridine rings is 1. The van der Waals surface area contributed by atoms with E-state index in [1.54, 1.807) is 41.2 Å². The maximum absolute atomic E-state index is 12.3. The minimum absolute atomic E-state index is 0.00738. The fraction of sp³-hybridized carbons (Fsp3) is 0.250. The first kappa shape index (κ1) is 15.7. The number of amides is 1. The molecule has 1 fully saturated rings. The average Bonchev–Trinajstić information content (AvgIpc) is 3.18. The van der Waals surface area contributed by atoms with Gasteiger partial charge in [-0.25, -0.2) is 13.4 Å². The third-order valence-corrected chi connectivity index (χ3v) is 5.92. The Morgan fingerprint density at radius 3 is 2.72 bits per heavy atom. The van der Waals surface area contributed by atoms with Crippen LogP contribution in [0.25, 0.3) is 16.9 Å².